The number of pyridine rings is 1. The van der Waals surface area contributed by atoms with Gasteiger partial charge in [0.25, 0.3) is 5.56 Å². The first kappa shape index (κ1) is 9.21. The zero-order valence-electron chi connectivity index (χ0n) is 7.40. The average Bonchev–Trinajstić information content (AvgIpc) is 2.20. The third-order valence-corrected chi connectivity index (χ3v) is 2.32. The van der Waals surface area contributed by atoms with E-state index in [1.54, 1.807) is 12.3 Å². The minimum absolute atomic E-state index is 0.209. The van der Waals surface area contributed by atoms with Gasteiger partial charge in [0.1, 0.15) is 5.65 Å². The summed E-state index contributed by atoms with van der Waals surface area (Å²) >= 11 is 3.28. The van der Waals surface area contributed by atoms with Gasteiger partial charge in [-0.25, -0.2) is 4.98 Å². The monoisotopic (exact) mass is 254 g/mol. The van der Waals surface area contributed by atoms with E-state index < -0.39 is 0 Å². The van der Waals surface area contributed by atoms with Gasteiger partial charge in [0.15, 0.2) is 0 Å². The van der Waals surface area contributed by atoms with Crippen LogP contribution in [0.25, 0.3) is 5.65 Å². The number of halogens is 1. The highest BCUT2D eigenvalue weighted by atomic mass is 79.9. The fraction of sp³-hybridized carbons (Fsp3) is 0.111. The van der Waals surface area contributed by atoms with Crippen molar-refractivity contribution in [3.8, 4) is 5.75 Å². The van der Waals surface area contributed by atoms with Gasteiger partial charge < -0.3 is 4.74 Å². The lowest BCUT2D eigenvalue weighted by Gasteiger charge is -2.02. The standard InChI is InChI=1S/C9H7BrN2O2/c1-14-7-4-11-8-3-2-6(10)5-12(8)9(7)13/h2-5H,1H3. The lowest BCUT2D eigenvalue weighted by atomic mass is 10.4. The number of hydrogen-bond acceptors (Lipinski definition) is 3. The Morgan fingerprint density at radius 1 is 1.50 bits per heavy atom. The highest BCUT2D eigenvalue weighted by Gasteiger charge is 2.03. The van der Waals surface area contributed by atoms with Crippen LogP contribution in [0.2, 0.25) is 0 Å². The van der Waals surface area contributed by atoms with Crippen LogP contribution in [0.3, 0.4) is 0 Å². The van der Waals surface area contributed by atoms with Crippen LogP contribution in [-0.4, -0.2) is 16.5 Å². The predicted molar refractivity (Wildman–Crippen MR) is 55.7 cm³/mol. The Kier molecular flexibility index (Phi) is 2.25. The molecular weight excluding hydrogens is 248 g/mol. The van der Waals surface area contributed by atoms with Crippen LogP contribution in [0.1, 0.15) is 0 Å². The molecule has 0 fully saturated rings. The number of rotatable bonds is 1. The first-order valence-electron chi connectivity index (χ1n) is 3.93. The highest BCUT2D eigenvalue weighted by Crippen LogP contribution is 2.10. The van der Waals surface area contributed by atoms with Crippen molar-refractivity contribution in [2.45, 2.75) is 0 Å². The van der Waals surface area contributed by atoms with Gasteiger partial charge in [-0.15, -0.1) is 0 Å². The van der Waals surface area contributed by atoms with Gasteiger partial charge in [-0.05, 0) is 28.1 Å². The molecule has 0 aliphatic rings. The molecule has 0 saturated heterocycles. The Hall–Kier alpha value is -1.36. The zero-order chi connectivity index (χ0) is 10.1. The quantitative estimate of drug-likeness (QED) is 0.774. The molecule has 2 aromatic heterocycles. The second kappa shape index (κ2) is 3.42. The maximum Gasteiger partial charge on any atom is 0.300 e. The van der Waals surface area contributed by atoms with Crippen LogP contribution < -0.4 is 10.3 Å². The molecule has 0 amide bonds. The van der Waals surface area contributed by atoms with E-state index in [0.29, 0.717) is 5.65 Å². The minimum Gasteiger partial charge on any atom is -0.490 e. The van der Waals surface area contributed by atoms with E-state index in [9.17, 15) is 4.79 Å². The van der Waals surface area contributed by atoms with E-state index in [2.05, 4.69) is 20.9 Å². The van der Waals surface area contributed by atoms with Gasteiger partial charge >= 0.3 is 0 Å². The summed E-state index contributed by atoms with van der Waals surface area (Å²) in [6.45, 7) is 0. The van der Waals surface area contributed by atoms with Crippen molar-refractivity contribution < 1.29 is 4.74 Å². The summed E-state index contributed by atoms with van der Waals surface area (Å²) < 4.78 is 7.14. The molecule has 72 valence electrons. The van der Waals surface area contributed by atoms with Crippen LogP contribution in [-0.2, 0) is 0 Å². The molecular formula is C9H7BrN2O2. The molecule has 4 nitrogen and oxygen atoms in total. The zero-order valence-corrected chi connectivity index (χ0v) is 8.98. The summed E-state index contributed by atoms with van der Waals surface area (Å²) in [7, 11) is 1.45. The molecule has 0 bridgehead atoms. The Morgan fingerprint density at radius 3 is 3.00 bits per heavy atom. The van der Waals surface area contributed by atoms with Crippen molar-refractivity contribution in [2.24, 2.45) is 0 Å². The van der Waals surface area contributed by atoms with Crippen LogP contribution >= 0.6 is 15.9 Å². The van der Waals surface area contributed by atoms with Crippen LogP contribution in [0, 0.1) is 0 Å². The summed E-state index contributed by atoms with van der Waals surface area (Å²) in [4.78, 5) is 15.8. The highest BCUT2D eigenvalue weighted by molar-refractivity contribution is 9.10. The van der Waals surface area contributed by atoms with E-state index in [0.717, 1.165) is 4.47 Å². The third kappa shape index (κ3) is 1.39. The summed E-state index contributed by atoms with van der Waals surface area (Å²) in [5.41, 5.74) is 0.387. The van der Waals surface area contributed by atoms with Crippen molar-refractivity contribution >= 4 is 21.6 Å². The molecule has 0 spiro atoms. The summed E-state index contributed by atoms with van der Waals surface area (Å²) in [6, 6.07) is 3.58. The SMILES string of the molecule is COc1cnc2ccc(Br)cn2c1=O. The normalized spacial score (nSPS) is 10.4. The fourth-order valence-electron chi connectivity index (χ4n) is 1.17. The lowest BCUT2D eigenvalue weighted by molar-refractivity contribution is 0.405. The molecule has 0 atom stereocenters. The minimum atomic E-state index is -0.209. The summed E-state index contributed by atoms with van der Waals surface area (Å²) in [5, 5.41) is 0. The van der Waals surface area contributed by atoms with Gasteiger partial charge in [0.2, 0.25) is 5.75 Å². The smallest absolute Gasteiger partial charge is 0.300 e. The van der Waals surface area contributed by atoms with Crippen molar-refractivity contribution in [3.63, 3.8) is 0 Å². The average molecular weight is 255 g/mol. The fourth-order valence-corrected chi connectivity index (χ4v) is 1.51. The van der Waals surface area contributed by atoms with Crippen molar-refractivity contribution in [1.29, 1.82) is 0 Å². The second-order valence-corrected chi connectivity index (χ2v) is 3.62. The summed E-state index contributed by atoms with van der Waals surface area (Å²) in [5.74, 6) is 0.237. The number of fused-ring (bicyclic) bond motifs is 1. The molecule has 2 rings (SSSR count). The molecule has 0 radical (unpaired) electrons. The Labute approximate surface area is 88.3 Å². The van der Waals surface area contributed by atoms with Gasteiger partial charge in [-0.2, -0.15) is 0 Å². The van der Waals surface area contributed by atoms with Gasteiger partial charge in [-0.1, -0.05) is 0 Å². The second-order valence-electron chi connectivity index (χ2n) is 2.71. The molecule has 14 heavy (non-hydrogen) atoms. The van der Waals surface area contributed by atoms with Crippen molar-refractivity contribution in [3.05, 3.63) is 39.4 Å². The van der Waals surface area contributed by atoms with Crippen molar-refractivity contribution in [1.82, 2.24) is 9.38 Å². The van der Waals surface area contributed by atoms with Crippen LogP contribution in [0.15, 0.2) is 33.8 Å². The number of hydrogen-bond donors (Lipinski definition) is 0. The molecule has 0 aromatic carbocycles. The van der Waals surface area contributed by atoms with Crippen LogP contribution in [0.4, 0.5) is 0 Å². The molecule has 2 heterocycles. The molecule has 0 N–H and O–H groups in total. The largest absolute Gasteiger partial charge is 0.490 e. The first-order chi connectivity index (χ1) is 6.72. The molecule has 5 heteroatoms. The van der Waals surface area contributed by atoms with E-state index in [4.69, 9.17) is 4.74 Å². The Bertz CT molecular complexity index is 536. The third-order valence-electron chi connectivity index (χ3n) is 1.85. The lowest BCUT2D eigenvalue weighted by Crippen LogP contribution is -2.16. The topological polar surface area (TPSA) is 43.6 Å². The van der Waals surface area contributed by atoms with Gasteiger partial charge in [0, 0.05) is 10.7 Å². The first-order valence-corrected chi connectivity index (χ1v) is 4.72. The molecule has 0 unspecified atom stereocenters. The van der Waals surface area contributed by atoms with Gasteiger partial charge in [-0.3, -0.25) is 9.20 Å². The molecule has 2 aromatic rings. The molecule has 0 aliphatic carbocycles. The van der Waals surface area contributed by atoms with E-state index >= 15 is 0 Å². The maximum atomic E-state index is 11.7. The number of methoxy groups -OCH3 is 1. The number of aromatic nitrogens is 2. The van der Waals surface area contributed by atoms with E-state index in [-0.39, 0.29) is 11.3 Å². The summed E-state index contributed by atoms with van der Waals surface area (Å²) in [6.07, 6.45) is 3.08. The number of nitrogens with zero attached hydrogens (tertiary/aromatic N) is 2. The van der Waals surface area contributed by atoms with Crippen LogP contribution in [0.5, 0.6) is 5.75 Å². The Balaban J connectivity index is 2.87. The predicted octanol–water partition coefficient (Wildman–Crippen LogP) is 1.47. The Morgan fingerprint density at radius 2 is 2.29 bits per heavy atom. The maximum absolute atomic E-state index is 11.7. The number of ether oxygens (including phenoxy) is 1. The van der Waals surface area contributed by atoms with E-state index in [1.165, 1.54) is 17.7 Å². The molecule has 0 aliphatic heterocycles. The van der Waals surface area contributed by atoms with Crippen molar-refractivity contribution in [2.75, 3.05) is 7.11 Å². The molecule has 0 saturated carbocycles. The van der Waals surface area contributed by atoms with E-state index in [1.807, 2.05) is 6.07 Å². The van der Waals surface area contributed by atoms with Gasteiger partial charge in [0.05, 0.1) is 13.3 Å².